The van der Waals surface area contributed by atoms with Gasteiger partial charge in [-0.2, -0.15) is 13.2 Å². The number of nitrogens with one attached hydrogen (secondary N) is 1. The van der Waals surface area contributed by atoms with Gasteiger partial charge in [-0.1, -0.05) is 6.42 Å². The molecule has 124 valence electrons. The van der Waals surface area contributed by atoms with Gasteiger partial charge < -0.3 is 10.2 Å². The quantitative estimate of drug-likeness (QED) is 0.836. The summed E-state index contributed by atoms with van der Waals surface area (Å²) in [5.41, 5.74) is -0.446. The summed E-state index contributed by atoms with van der Waals surface area (Å²) in [4.78, 5) is 2.32. The molecule has 2 nitrogen and oxygen atoms in total. The van der Waals surface area contributed by atoms with Gasteiger partial charge in [0, 0.05) is 13.1 Å². The molecule has 3 aliphatic rings. The van der Waals surface area contributed by atoms with Crippen LogP contribution in [0.15, 0.2) is 0 Å². The molecule has 1 spiro atoms. The van der Waals surface area contributed by atoms with Crippen molar-refractivity contribution < 1.29 is 13.2 Å². The number of likely N-dealkylation sites (tertiary alicyclic amines) is 1. The van der Waals surface area contributed by atoms with E-state index in [4.69, 9.17) is 0 Å². The average molecular weight is 327 g/mol. The Morgan fingerprint density at radius 3 is 2.43 bits per heavy atom. The van der Waals surface area contributed by atoms with Crippen molar-refractivity contribution in [1.29, 1.82) is 0 Å². The molecule has 1 N–H and O–H groups in total. The predicted octanol–water partition coefficient (Wildman–Crippen LogP) is 3.46. The highest BCUT2D eigenvalue weighted by atomic mass is 35.5. The smallest absolute Gasteiger partial charge is 0.316 e. The summed E-state index contributed by atoms with van der Waals surface area (Å²) in [6.45, 7) is 4.41. The van der Waals surface area contributed by atoms with Crippen LogP contribution in [0.2, 0.25) is 0 Å². The lowest BCUT2D eigenvalue weighted by molar-refractivity contribution is -0.238. The third kappa shape index (κ3) is 3.67. The molecule has 0 aromatic carbocycles. The molecule has 0 bridgehead atoms. The van der Waals surface area contributed by atoms with E-state index in [1.807, 2.05) is 0 Å². The Labute approximate surface area is 131 Å². The number of piperidine rings is 2. The third-order valence-electron chi connectivity index (χ3n) is 5.67. The molecule has 0 aromatic heterocycles. The van der Waals surface area contributed by atoms with Gasteiger partial charge in [-0.05, 0) is 63.1 Å². The van der Waals surface area contributed by atoms with Gasteiger partial charge in [-0.3, -0.25) is 0 Å². The minimum Gasteiger partial charge on any atom is -0.316 e. The maximum Gasteiger partial charge on any atom is 0.392 e. The van der Waals surface area contributed by atoms with Crippen LogP contribution < -0.4 is 5.32 Å². The highest BCUT2D eigenvalue weighted by Crippen LogP contribution is 2.56. The molecule has 1 aliphatic carbocycles. The van der Waals surface area contributed by atoms with Crippen LogP contribution in [0.1, 0.15) is 38.5 Å². The Bertz CT molecular complexity index is 338. The lowest BCUT2D eigenvalue weighted by Gasteiger charge is -2.54. The Morgan fingerprint density at radius 1 is 1.14 bits per heavy atom. The molecule has 2 atom stereocenters. The van der Waals surface area contributed by atoms with Gasteiger partial charge in [0.1, 0.15) is 0 Å². The molecule has 2 aliphatic heterocycles. The fraction of sp³-hybridized carbons (Fsp3) is 1.00. The largest absolute Gasteiger partial charge is 0.392 e. The summed E-state index contributed by atoms with van der Waals surface area (Å²) < 4.78 is 39.6. The van der Waals surface area contributed by atoms with E-state index in [0.717, 1.165) is 38.9 Å². The number of alkyl halides is 3. The summed E-state index contributed by atoms with van der Waals surface area (Å²) in [5.74, 6) is -0.423. The first-order valence-electron chi connectivity index (χ1n) is 7.99. The molecule has 0 radical (unpaired) electrons. The monoisotopic (exact) mass is 326 g/mol. The summed E-state index contributed by atoms with van der Waals surface area (Å²) in [6.07, 6.45) is 1.26. The predicted molar refractivity (Wildman–Crippen MR) is 79.7 cm³/mol. The fourth-order valence-electron chi connectivity index (χ4n) is 4.50. The highest BCUT2D eigenvalue weighted by Gasteiger charge is 2.57. The first-order valence-corrected chi connectivity index (χ1v) is 7.99. The van der Waals surface area contributed by atoms with Gasteiger partial charge in [0.05, 0.1) is 5.92 Å². The standard InChI is InChI=1S/C15H25F3N2.ClH/c16-15(17,18)13-4-8-20(11-14(13)5-2-6-14)10-12-3-1-7-19-9-12;/h12-13,19H,1-11H2;1H. The fourth-order valence-corrected chi connectivity index (χ4v) is 4.50. The van der Waals surface area contributed by atoms with Crippen LogP contribution in [0.25, 0.3) is 0 Å². The molecule has 0 amide bonds. The maximum atomic E-state index is 13.2. The number of hydrogen-bond donors (Lipinski definition) is 1. The Kier molecular flexibility index (Phi) is 5.48. The van der Waals surface area contributed by atoms with Gasteiger partial charge in [-0.25, -0.2) is 0 Å². The van der Waals surface area contributed by atoms with Crippen molar-refractivity contribution in [3.8, 4) is 0 Å². The van der Waals surface area contributed by atoms with Crippen molar-refractivity contribution in [2.24, 2.45) is 17.3 Å². The molecule has 2 saturated heterocycles. The summed E-state index contributed by atoms with van der Waals surface area (Å²) >= 11 is 0. The van der Waals surface area contributed by atoms with E-state index in [-0.39, 0.29) is 12.4 Å². The number of rotatable bonds is 2. The van der Waals surface area contributed by atoms with Crippen LogP contribution >= 0.6 is 12.4 Å². The lowest BCUT2D eigenvalue weighted by atomic mass is 9.58. The van der Waals surface area contributed by atoms with E-state index < -0.39 is 17.5 Å². The Balaban J connectivity index is 0.00000161. The van der Waals surface area contributed by atoms with Crippen molar-refractivity contribution in [2.45, 2.75) is 44.7 Å². The Hall–Kier alpha value is -0.0000000000000000416. The van der Waals surface area contributed by atoms with Gasteiger partial charge in [-0.15, -0.1) is 12.4 Å². The average Bonchev–Trinajstić information content (AvgIpc) is 2.36. The summed E-state index contributed by atoms with van der Waals surface area (Å²) in [7, 11) is 0. The molecule has 2 unspecified atom stereocenters. The molecule has 1 saturated carbocycles. The molecule has 3 rings (SSSR count). The van der Waals surface area contributed by atoms with E-state index in [1.54, 1.807) is 0 Å². The second-order valence-corrected chi connectivity index (χ2v) is 7.05. The minimum atomic E-state index is -4.00. The lowest BCUT2D eigenvalue weighted by Crippen LogP contribution is -2.57. The first kappa shape index (κ1) is 17.4. The third-order valence-corrected chi connectivity index (χ3v) is 5.67. The van der Waals surface area contributed by atoms with E-state index in [9.17, 15) is 13.2 Å². The van der Waals surface area contributed by atoms with Crippen molar-refractivity contribution >= 4 is 12.4 Å². The topological polar surface area (TPSA) is 15.3 Å². The number of nitrogens with zero attached hydrogens (tertiary/aromatic N) is 1. The van der Waals surface area contributed by atoms with E-state index in [1.165, 1.54) is 12.8 Å². The summed E-state index contributed by atoms with van der Waals surface area (Å²) in [5, 5.41) is 3.40. The zero-order chi connectivity index (χ0) is 14.2. The maximum absolute atomic E-state index is 13.2. The van der Waals surface area contributed by atoms with Gasteiger partial charge in [0.2, 0.25) is 0 Å². The van der Waals surface area contributed by atoms with Crippen LogP contribution in [0, 0.1) is 17.3 Å². The molecule has 0 aromatic rings. The van der Waals surface area contributed by atoms with Gasteiger partial charge in [0.25, 0.3) is 0 Å². The second-order valence-electron chi connectivity index (χ2n) is 7.05. The minimum absolute atomic E-state index is 0. The SMILES string of the molecule is Cl.FC(F)(F)C1CCN(CC2CCCNC2)CC12CCC2. The zero-order valence-electron chi connectivity index (χ0n) is 12.4. The van der Waals surface area contributed by atoms with E-state index in [0.29, 0.717) is 25.4 Å². The van der Waals surface area contributed by atoms with Crippen LogP contribution in [-0.2, 0) is 0 Å². The number of hydrogen-bond acceptors (Lipinski definition) is 2. The van der Waals surface area contributed by atoms with Crippen LogP contribution in [0.5, 0.6) is 0 Å². The van der Waals surface area contributed by atoms with Gasteiger partial charge >= 0.3 is 6.18 Å². The van der Waals surface area contributed by atoms with Crippen LogP contribution in [0.4, 0.5) is 13.2 Å². The molecule has 3 fully saturated rings. The van der Waals surface area contributed by atoms with Gasteiger partial charge in [0.15, 0.2) is 0 Å². The Morgan fingerprint density at radius 2 is 1.90 bits per heavy atom. The van der Waals surface area contributed by atoms with E-state index >= 15 is 0 Å². The number of halogens is 4. The van der Waals surface area contributed by atoms with Crippen molar-refractivity contribution in [3.63, 3.8) is 0 Å². The zero-order valence-corrected chi connectivity index (χ0v) is 13.2. The van der Waals surface area contributed by atoms with Crippen LogP contribution in [0.3, 0.4) is 0 Å². The molecular weight excluding hydrogens is 301 g/mol. The van der Waals surface area contributed by atoms with E-state index in [2.05, 4.69) is 10.2 Å². The second kappa shape index (κ2) is 6.63. The summed E-state index contributed by atoms with van der Waals surface area (Å²) in [6, 6.07) is 0. The van der Waals surface area contributed by atoms with Crippen LogP contribution in [-0.4, -0.2) is 43.8 Å². The van der Waals surface area contributed by atoms with Crippen molar-refractivity contribution in [1.82, 2.24) is 10.2 Å². The first-order chi connectivity index (χ1) is 9.50. The molecule has 21 heavy (non-hydrogen) atoms. The molecule has 6 heteroatoms. The van der Waals surface area contributed by atoms with Crippen molar-refractivity contribution in [3.05, 3.63) is 0 Å². The van der Waals surface area contributed by atoms with Crippen molar-refractivity contribution in [2.75, 3.05) is 32.7 Å². The molecular formula is C15H26ClF3N2. The molecule has 2 heterocycles. The highest BCUT2D eigenvalue weighted by molar-refractivity contribution is 5.85. The normalized spacial score (nSPS) is 33.3.